The minimum Gasteiger partial charge on any atom is -0.316 e. The molecule has 8 rings (SSSR count). The van der Waals surface area contributed by atoms with Crippen LogP contribution < -0.4 is 0 Å². The lowest BCUT2D eigenvalue weighted by atomic mass is 10.1. The van der Waals surface area contributed by atoms with Gasteiger partial charge in [0.25, 0.3) is 0 Å². The molecule has 2 heterocycles. The van der Waals surface area contributed by atoms with E-state index in [-0.39, 0.29) is 0 Å². The van der Waals surface area contributed by atoms with Crippen LogP contribution in [0.15, 0.2) is 134 Å². The highest BCUT2D eigenvalue weighted by molar-refractivity contribution is 6.21. The van der Waals surface area contributed by atoms with Gasteiger partial charge >= 0.3 is 0 Å². The maximum Gasteiger partial charge on any atom is 0.0632 e. The minimum atomic E-state index is 1.02. The van der Waals surface area contributed by atoms with Crippen molar-refractivity contribution in [1.29, 1.82) is 0 Å². The summed E-state index contributed by atoms with van der Waals surface area (Å²) in [6.45, 7) is 0. The Kier molecular flexibility index (Phi) is 4.32. The van der Waals surface area contributed by atoms with Crippen LogP contribution in [0.5, 0.6) is 0 Å². The summed E-state index contributed by atoms with van der Waals surface area (Å²) in [6, 6.07) is 45.9. The van der Waals surface area contributed by atoms with Crippen LogP contribution in [0.3, 0.4) is 0 Å². The molecule has 0 aliphatic heterocycles. The Hall–Kier alpha value is -4.82. The molecule has 0 saturated heterocycles. The van der Waals surface area contributed by atoms with Crippen LogP contribution in [-0.4, -0.2) is 9.13 Å². The lowest BCUT2D eigenvalue weighted by Gasteiger charge is -2.09. The normalized spacial score (nSPS) is 13.2. The molecule has 2 aromatic heterocycles. The molecule has 0 amide bonds. The van der Waals surface area contributed by atoms with Crippen molar-refractivity contribution in [3.63, 3.8) is 0 Å². The van der Waals surface area contributed by atoms with Crippen molar-refractivity contribution in [3.05, 3.63) is 139 Å². The molecule has 0 saturated carbocycles. The summed E-state index contributed by atoms with van der Waals surface area (Å²) in [4.78, 5) is 0. The number of nitrogens with zero attached hydrogens (tertiary/aromatic N) is 2. The zero-order chi connectivity index (χ0) is 24.3. The highest BCUT2D eigenvalue weighted by Gasteiger charge is 2.28. The average Bonchev–Trinajstić information content (AvgIpc) is 3.51. The summed E-state index contributed by atoms with van der Waals surface area (Å²) >= 11 is 0. The summed E-state index contributed by atoms with van der Waals surface area (Å²) in [5, 5.41) is 3.91. The summed E-state index contributed by atoms with van der Waals surface area (Å²) in [5.74, 6) is 0. The molecule has 0 bridgehead atoms. The third-order valence-corrected chi connectivity index (χ3v) is 7.71. The molecule has 2 nitrogen and oxygen atoms in total. The van der Waals surface area contributed by atoms with Crippen LogP contribution in [0.2, 0.25) is 0 Å². The van der Waals surface area contributed by atoms with Crippen molar-refractivity contribution in [1.82, 2.24) is 9.13 Å². The van der Waals surface area contributed by atoms with Crippen LogP contribution in [0.25, 0.3) is 60.8 Å². The maximum atomic E-state index is 2.51. The fourth-order valence-corrected chi connectivity index (χ4v) is 5.87. The first-order valence-electron chi connectivity index (χ1n) is 12.8. The predicted molar refractivity (Wildman–Crippen MR) is 156 cm³/mol. The molecule has 37 heavy (non-hydrogen) atoms. The van der Waals surface area contributed by atoms with Crippen molar-refractivity contribution >= 4 is 44.0 Å². The van der Waals surface area contributed by atoms with Gasteiger partial charge in [0.05, 0.1) is 16.6 Å². The van der Waals surface area contributed by atoms with Gasteiger partial charge in [-0.15, -0.1) is 0 Å². The Morgan fingerprint density at radius 3 is 1.92 bits per heavy atom. The number of rotatable bonds is 4. The number of benzene rings is 5. The SMILES string of the molecule is c1ccc(C2=C(n3c4ccccc4c4ccc5c(ccn5-c5ccc(-c6ccccc6)cc5)c43)C2)cc1. The molecule has 2 heteroatoms. The van der Waals surface area contributed by atoms with Gasteiger partial charge in [-0.25, -0.2) is 0 Å². The lowest BCUT2D eigenvalue weighted by Crippen LogP contribution is -1.93. The lowest BCUT2D eigenvalue weighted by molar-refractivity contribution is 1.13. The van der Waals surface area contributed by atoms with Gasteiger partial charge in [-0.2, -0.15) is 0 Å². The zero-order valence-corrected chi connectivity index (χ0v) is 20.3. The van der Waals surface area contributed by atoms with E-state index in [4.69, 9.17) is 0 Å². The Morgan fingerprint density at radius 1 is 0.459 bits per heavy atom. The van der Waals surface area contributed by atoms with Crippen molar-refractivity contribution in [2.24, 2.45) is 0 Å². The Bertz CT molecular complexity index is 1970. The van der Waals surface area contributed by atoms with E-state index in [0.717, 1.165) is 6.42 Å². The zero-order valence-electron chi connectivity index (χ0n) is 20.3. The van der Waals surface area contributed by atoms with Gasteiger partial charge in [0, 0.05) is 40.2 Å². The summed E-state index contributed by atoms with van der Waals surface area (Å²) in [6.07, 6.45) is 3.23. The first-order chi connectivity index (χ1) is 18.4. The van der Waals surface area contributed by atoms with Gasteiger partial charge in [0.2, 0.25) is 0 Å². The number of para-hydroxylation sites is 1. The largest absolute Gasteiger partial charge is 0.316 e. The molecule has 0 N–H and O–H groups in total. The fraction of sp³-hybridized carbons (Fsp3) is 0.0286. The molecule has 7 aromatic rings. The van der Waals surface area contributed by atoms with E-state index in [1.165, 1.54) is 66.4 Å². The smallest absolute Gasteiger partial charge is 0.0632 e. The van der Waals surface area contributed by atoms with Crippen LogP contribution in [0.1, 0.15) is 12.0 Å². The predicted octanol–water partition coefficient (Wildman–Crippen LogP) is 9.18. The third kappa shape index (κ3) is 3.12. The van der Waals surface area contributed by atoms with E-state index in [9.17, 15) is 0 Å². The molecule has 5 aromatic carbocycles. The van der Waals surface area contributed by atoms with Gasteiger partial charge in [-0.3, -0.25) is 0 Å². The topological polar surface area (TPSA) is 9.86 Å². The second-order valence-corrected chi connectivity index (χ2v) is 9.81. The number of aromatic nitrogens is 2. The first-order valence-corrected chi connectivity index (χ1v) is 12.8. The fourth-order valence-electron chi connectivity index (χ4n) is 5.87. The number of hydrogen-bond donors (Lipinski definition) is 0. The highest BCUT2D eigenvalue weighted by atomic mass is 15.0. The van der Waals surface area contributed by atoms with Crippen LogP contribution in [0.4, 0.5) is 0 Å². The van der Waals surface area contributed by atoms with E-state index < -0.39 is 0 Å². The number of fused-ring (bicyclic) bond motifs is 5. The maximum absolute atomic E-state index is 2.51. The molecular weight excluding hydrogens is 448 g/mol. The molecule has 0 radical (unpaired) electrons. The van der Waals surface area contributed by atoms with Crippen LogP contribution >= 0.6 is 0 Å². The summed E-state index contributed by atoms with van der Waals surface area (Å²) in [7, 11) is 0. The Labute approximate surface area is 215 Å². The van der Waals surface area contributed by atoms with E-state index >= 15 is 0 Å². The molecule has 174 valence electrons. The van der Waals surface area contributed by atoms with Gasteiger partial charge in [-0.1, -0.05) is 97.1 Å². The number of hydrogen-bond acceptors (Lipinski definition) is 0. The van der Waals surface area contributed by atoms with Crippen molar-refractivity contribution in [3.8, 4) is 16.8 Å². The van der Waals surface area contributed by atoms with Crippen molar-refractivity contribution in [2.45, 2.75) is 6.42 Å². The molecule has 1 aliphatic rings. The van der Waals surface area contributed by atoms with E-state index in [2.05, 4.69) is 143 Å². The van der Waals surface area contributed by atoms with Gasteiger partial charge in [-0.05, 0) is 52.6 Å². The monoisotopic (exact) mass is 472 g/mol. The summed E-state index contributed by atoms with van der Waals surface area (Å²) in [5.41, 5.74) is 11.6. The molecule has 1 aliphatic carbocycles. The molecule has 0 atom stereocenters. The van der Waals surface area contributed by atoms with E-state index in [1.54, 1.807) is 0 Å². The molecule has 0 spiro atoms. The van der Waals surface area contributed by atoms with Gasteiger partial charge < -0.3 is 9.13 Å². The second kappa shape index (κ2) is 7.84. The highest BCUT2D eigenvalue weighted by Crippen LogP contribution is 2.48. The third-order valence-electron chi connectivity index (χ3n) is 7.71. The quantitative estimate of drug-likeness (QED) is 0.242. The first kappa shape index (κ1) is 20.4. The number of allylic oxidation sites excluding steroid dienone is 2. The van der Waals surface area contributed by atoms with Crippen molar-refractivity contribution < 1.29 is 0 Å². The Balaban J connectivity index is 1.33. The van der Waals surface area contributed by atoms with E-state index in [0.29, 0.717) is 0 Å². The molecule has 0 unspecified atom stereocenters. The second-order valence-electron chi connectivity index (χ2n) is 9.81. The molecule has 0 fully saturated rings. The van der Waals surface area contributed by atoms with Crippen LogP contribution in [0, 0.1) is 0 Å². The molecular formula is C35H24N2. The standard InChI is InChI=1S/C35H24N2/c1-3-9-24(10-4-1)25-15-17-27(18-16-25)36-22-21-30-32(36)20-19-29-28-13-7-8-14-33(28)37(35(29)30)34-23-31(34)26-11-5-2-6-12-26/h1-22H,23H2. The van der Waals surface area contributed by atoms with E-state index in [1.807, 2.05) is 0 Å². The average molecular weight is 473 g/mol. The van der Waals surface area contributed by atoms with Crippen LogP contribution in [-0.2, 0) is 0 Å². The van der Waals surface area contributed by atoms with Crippen molar-refractivity contribution in [2.75, 3.05) is 0 Å². The van der Waals surface area contributed by atoms with Gasteiger partial charge in [0.1, 0.15) is 0 Å². The Morgan fingerprint density at radius 2 is 1.14 bits per heavy atom. The summed E-state index contributed by atoms with van der Waals surface area (Å²) < 4.78 is 4.82. The van der Waals surface area contributed by atoms with Gasteiger partial charge in [0.15, 0.2) is 0 Å². The minimum absolute atomic E-state index is 1.02.